The van der Waals surface area contributed by atoms with Crippen molar-refractivity contribution in [3.05, 3.63) is 132 Å². The fourth-order valence-electron chi connectivity index (χ4n) is 4.30. The maximum atomic E-state index is 6.31. The summed E-state index contributed by atoms with van der Waals surface area (Å²) in [6, 6.07) is 35.3. The predicted octanol–water partition coefficient (Wildman–Crippen LogP) is 6.79. The Morgan fingerprint density at radius 1 is 0.725 bits per heavy atom. The highest BCUT2D eigenvalue weighted by atomic mass is 16.5. The number of pyridine rings is 1. The van der Waals surface area contributed by atoms with Crippen LogP contribution in [0.15, 0.2) is 115 Å². The average molecular weight is 524 g/mol. The van der Waals surface area contributed by atoms with Crippen LogP contribution in [-0.4, -0.2) is 28.7 Å². The van der Waals surface area contributed by atoms with Crippen LogP contribution in [0.1, 0.15) is 22.9 Å². The minimum Gasteiger partial charge on any atom is -0.497 e. The lowest BCUT2D eigenvalue weighted by molar-refractivity contribution is 0.126. The molecule has 0 saturated heterocycles. The second-order valence-electron chi connectivity index (χ2n) is 9.04. The van der Waals surface area contributed by atoms with Crippen LogP contribution in [0.2, 0.25) is 0 Å². The Bertz CT molecular complexity index is 1830. The van der Waals surface area contributed by atoms with Crippen molar-refractivity contribution in [2.24, 2.45) is 0 Å². The zero-order chi connectivity index (χ0) is 27.1. The summed E-state index contributed by atoms with van der Waals surface area (Å²) in [5.41, 5.74) is 3.38. The largest absolute Gasteiger partial charge is 0.497 e. The van der Waals surface area contributed by atoms with Gasteiger partial charge in [-0.3, -0.25) is 0 Å². The number of para-hydroxylation sites is 1. The highest BCUT2D eigenvalue weighted by Crippen LogP contribution is 2.25. The van der Waals surface area contributed by atoms with Crippen LogP contribution in [0, 0.1) is 11.8 Å². The summed E-state index contributed by atoms with van der Waals surface area (Å²) < 4.78 is 17.9. The minimum absolute atomic E-state index is 0.214. The third kappa shape index (κ3) is 5.69. The summed E-state index contributed by atoms with van der Waals surface area (Å²) >= 11 is 0. The summed E-state index contributed by atoms with van der Waals surface area (Å²) in [7, 11) is 1.66. The second-order valence-corrected chi connectivity index (χ2v) is 9.04. The van der Waals surface area contributed by atoms with Gasteiger partial charge in [0, 0.05) is 11.8 Å². The Labute approximate surface area is 232 Å². The van der Waals surface area contributed by atoms with Gasteiger partial charge in [-0.05, 0) is 70.8 Å². The molecule has 2 heterocycles. The summed E-state index contributed by atoms with van der Waals surface area (Å²) in [5, 5.41) is 2.15. The first-order valence-electron chi connectivity index (χ1n) is 12.9. The summed E-state index contributed by atoms with van der Waals surface area (Å²) in [6.45, 7) is 0.214. The Hall–Kier alpha value is -5.41. The van der Waals surface area contributed by atoms with Gasteiger partial charge in [-0.15, -0.1) is 0 Å². The normalized spacial score (nSPS) is 11.4. The SMILES string of the molecule is COc1ccc2cc(C#Cc3nc4ncccc4nc3OCC(Oc3ccccc3)c3ccccc3)ccc2c1. The minimum atomic E-state index is -0.367. The zero-order valence-electron chi connectivity index (χ0n) is 21.8. The van der Waals surface area contributed by atoms with Gasteiger partial charge in [-0.25, -0.2) is 15.0 Å². The monoisotopic (exact) mass is 523 g/mol. The first kappa shape index (κ1) is 24.9. The molecule has 0 bridgehead atoms. The van der Waals surface area contributed by atoms with Crippen molar-refractivity contribution in [2.75, 3.05) is 13.7 Å². The number of rotatable bonds is 7. The lowest BCUT2D eigenvalue weighted by atomic mass is 10.1. The maximum absolute atomic E-state index is 6.31. The van der Waals surface area contributed by atoms with Crippen molar-refractivity contribution in [2.45, 2.75) is 6.10 Å². The number of fused-ring (bicyclic) bond motifs is 2. The summed E-state index contributed by atoms with van der Waals surface area (Å²) in [4.78, 5) is 13.8. The molecule has 0 aliphatic rings. The van der Waals surface area contributed by atoms with Crippen molar-refractivity contribution >= 4 is 21.9 Å². The number of aromatic nitrogens is 3. The van der Waals surface area contributed by atoms with Crippen molar-refractivity contribution in [3.8, 4) is 29.2 Å². The van der Waals surface area contributed by atoms with E-state index in [0.717, 1.165) is 33.4 Å². The van der Waals surface area contributed by atoms with Crippen LogP contribution < -0.4 is 14.2 Å². The zero-order valence-corrected chi connectivity index (χ0v) is 21.8. The number of methoxy groups -OCH3 is 1. The highest BCUT2D eigenvalue weighted by Gasteiger charge is 2.17. The van der Waals surface area contributed by atoms with Gasteiger partial charge in [-0.2, -0.15) is 0 Å². The van der Waals surface area contributed by atoms with Gasteiger partial charge in [0.25, 0.3) is 0 Å². The molecule has 0 radical (unpaired) electrons. The van der Waals surface area contributed by atoms with Gasteiger partial charge in [-0.1, -0.05) is 66.6 Å². The van der Waals surface area contributed by atoms with Crippen LogP contribution in [0.3, 0.4) is 0 Å². The molecule has 6 aromatic rings. The molecule has 0 aliphatic carbocycles. The van der Waals surface area contributed by atoms with E-state index in [-0.39, 0.29) is 12.7 Å². The maximum Gasteiger partial charge on any atom is 0.249 e. The lowest BCUT2D eigenvalue weighted by Crippen LogP contribution is -2.18. The van der Waals surface area contributed by atoms with Crippen molar-refractivity contribution in [1.29, 1.82) is 0 Å². The van der Waals surface area contributed by atoms with E-state index >= 15 is 0 Å². The van der Waals surface area contributed by atoms with Gasteiger partial charge in [0.05, 0.1) is 7.11 Å². The number of nitrogens with zero attached hydrogens (tertiary/aromatic N) is 3. The van der Waals surface area contributed by atoms with E-state index in [1.54, 1.807) is 13.3 Å². The van der Waals surface area contributed by atoms with Crippen LogP contribution in [0.5, 0.6) is 17.4 Å². The van der Waals surface area contributed by atoms with Gasteiger partial charge in [0.2, 0.25) is 5.88 Å². The number of hydrogen-bond acceptors (Lipinski definition) is 6. The number of hydrogen-bond donors (Lipinski definition) is 0. The smallest absolute Gasteiger partial charge is 0.249 e. The average Bonchev–Trinajstić information content (AvgIpc) is 3.02. The molecule has 6 rings (SSSR count). The quantitative estimate of drug-likeness (QED) is 0.215. The molecule has 40 heavy (non-hydrogen) atoms. The lowest BCUT2D eigenvalue weighted by Gasteiger charge is -2.20. The third-order valence-electron chi connectivity index (χ3n) is 6.35. The molecule has 1 atom stereocenters. The predicted molar refractivity (Wildman–Crippen MR) is 156 cm³/mol. The first-order valence-corrected chi connectivity index (χ1v) is 12.9. The van der Waals surface area contributed by atoms with Crippen LogP contribution in [-0.2, 0) is 0 Å². The second kappa shape index (κ2) is 11.5. The van der Waals surface area contributed by atoms with Crippen molar-refractivity contribution in [3.63, 3.8) is 0 Å². The summed E-state index contributed by atoms with van der Waals surface area (Å²) in [6.07, 6.45) is 1.32. The molecular formula is C34H25N3O3. The third-order valence-corrected chi connectivity index (χ3v) is 6.35. The van der Waals surface area contributed by atoms with E-state index < -0.39 is 0 Å². The molecule has 0 spiro atoms. The van der Waals surface area contributed by atoms with Crippen LogP contribution in [0.4, 0.5) is 0 Å². The van der Waals surface area contributed by atoms with E-state index in [2.05, 4.69) is 21.8 Å². The van der Waals surface area contributed by atoms with E-state index in [4.69, 9.17) is 19.2 Å². The van der Waals surface area contributed by atoms with Gasteiger partial charge >= 0.3 is 0 Å². The standard InChI is InChI=1S/C34H25N3O3/c1-38-29-18-17-26-21-24(14-16-27(26)22-29)15-19-31-34(37-30-13-8-20-35-33(30)36-31)39-23-32(25-9-4-2-5-10-25)40-28-11-6-3-7-12-28/h2-14,16-18,20-22,32H,23H2,1H3. The molecule has 0 fully saturated rings. The molecule has 6 heteroatoms. The Kier molecular flexibility index (Phi) is 7.19. The topological polar surface area (TPSA) is 66.4 Å². The number of benzene rings is 4. The molecule has 6 nitrogen and oxygen atoms in total. The number of ether oxygens (including phenoxy) is 3. The molecule has 4 aromatic carbocycles. The van der Waals surface area contributed by atoms with E-state index in [9.17, 15) is 0 Å². The molecular weight excluding hydrogens is 498 g/mol. The highest BCUT2D eigenvalue weighted by molar-refractivity contribution is 5.85. The van der Waals surface area contributed by atoms with E-state index in [1.165, 1.54) is 0 Å². The van der Waals surface area contributed by atoms with Gasteiger partial charge in [0.1, 0.15) is 23.6 Å². The molecule has 0 amide bonds. The van der Waals surface area contributed by atoms with Crippen molar-refractivity contribution < 1.29 is 14.2 Å². The Morgan fingerprint density at radius 2 is 1.50 bits per heavy atom. The molecule has 0 saturated carbocycles. The van der Waals surface area contributed by atoms with Gasteiger partial charge < -0.3 is 14.2 Å². The van der Waals surface area contributed by atoms with E-state index in [1.807, 2.05) is 109 Å². The van der Waals surface area contributed by atoms with Crippen LogP contribution >= 0.6 is 0 Å². The molecule has 1 unspecified atom stereocenters. The molecule has 0 N–H and O–H groups in total. The van der Waals surface area contributed by atoms with Gasteiger partial charge in [0.15, 0.2) is 17.4 Å². The first-order chi connectivity index (χ1) is 19.7. The summed E-state index contributed by atoms with van der Waals surface area (Å²) in [5.74, 6) is 8.29. The molecule has 194 valence electrons. The van der Waals surface area contributed by atoms with Crippen LogP contribution in [0.25, 0.3) is 21.9 Å². The fraction of sp³-hybridized carbons (Fsp3) is 0.0882. The Morgan fingerprint density at radius 3 is 2.33 bits per heavy atom. The van der Waals surface area contributed by atoms with E-state index in [0.29, 0.717) is 22.7 Å². The molecule has 2 aromatic heterocycles. The molecule has 0 aliphatic heterocycles. The Balaban J connectivity index is 1.32. The van der Waals surface area contributed by atoms with Crippen molar-refractivity contribution in [1.82, 2.24) is 15.0 Å². The fourth-order valence-corrected chi connectivity index (χ4v) is 4.30.